The predicted molar refractivity (Wildman–Crippen MR) is 114 cm³/mol. The van der Waals surface area contributed by atoms with E-state index in [1.165, 1.54) is 32.0 Å². The molecule has 0 atom stereocenters. The molecule has 2 N–H and O–H groups in total. The molecule has 10 heteroatoms. The Bertz CT molecular complexity index is 1230. The lowest BCUT2D eigenvalue weighted by atomic mass is 9.82. The van der Waals surface area contributed by atoms with Gasteiger partial charge in [-0.05, 0) is 43.2 Å². The monoisotopic (exact) mass is 481 g/mol. The molecule has 33 heavy (non-hydrogen) atoms. The average molecular weight is 482 g/mol. The summed E-state index contributed by atoms with van der Waals surface area (Å²) in [4.78, 5) is 40.7. The number of aliphatic carboxylic acids is 1. The highest BCUT2D eigenvalue weighted by Crippen LogP contribution is 2.37. The van der Waals surface area contributed by atoms with Crippen LogP contribution in [0, 0.1) is 5.41 Å². The largest absolute Gasteiger partial charge is 0.480 e. The first kappa shape index (κ1) is 24.3. The third-order valence-corrected chi connectivity index (χ3v) is 5.85. The number of aromatic amines is 1. The molecule has 2 aromatic carbocycles. The zero-order chi connectivity index (χ0) is 24.6. The molecule has 174 valence electrons. The lowest BCUT2D eigenvalue weighted by Crippen LogP contribution is -2.41. The first-order chi connectivity index (χ1) is 15.4. The summed E-state index contributed by atoms with van der Waals surface area (Å²) in [6.45, 7) is 3.06. The number of fused-ring (bicyclic) bond motifs is 1. The molecule has 1 heterocycles. The number of ketones is 1. The number of nitrogens with one attached hydrogen (secondary N) is 1. The molecule has 0 aliphatic heterocycles. The number of halogens is 4. The molecular formula is C23H19ClF3NO5. The second-order valence-electron chi connectivity index (χ2n) is 7.41. The first-order valence-corrected chi connectivity index (χ1v) is 10.3. The number of benzene rings is 2. The fourth-order valence-electron chi connectivity index (χ4n) is 3.48. The van der Waals surface area contributed by atoms with E-state index in [1.807, 2.05) is 0 Å². The second kappa shape index (κ2) is 8.90. The minimum atomic E-state index is -4.57. The summed E-state index contributed by atoms with van der Waals surface area (Å²) in [5, 5.41) is 10.2. The summed E-state index contributed by atoms with van der Waals surface area (Å²) < 4.78 is 44.1. The Morgan fingerprint density at radius 1 is 1.03 bits per heavy atom. The van der Waals surface area contributed by atoms with Gasteiger partial charge in [0.15, 0.2) is 11.2 Å². The Morgan fingerprint density at radius 2 is 1.64 bits per heavy atom. The van der Waals surface area contributed by atoms with Crippen molar-refractivity contribution in [3.8, 4) is 5.75 Å². The van der Waals surface area contributed by atoms with E-state index < -0.39 is 34.9 Å². The first-order valence-electron chi connectivity index (χ1n) is 9.93. The summed E-state index contributed by atoms with van der Waals surface area (Å²) >= 11 is 6.00. The van der Waals surface area contributed by atoms with E-state index in [9.17, 15) is 32.7 Å². The Balaban J connectivity index is 2.11. The molecule has 0 saturated carbocycles. The van der Waals surface area contributed by atoms with Crippen molar-refractivity contribution < 1.29 is 37.4 Å². The van der Waals surface area contributed by atoms with E-state index in [0.717, 1.165) is 24.3 Å². The van der Waals surface area contributed by atoms with E-state index in [2.05, 4.69) is 4.98 Å². The smallest absolute Gasteiger partial charge is 0.416 e. The number of alkyl halides is 3. The predicted octanol–water partition coefficient (Wildman–Crippen LogP) is 5.87. The molecule has 0 saturated heterocycles. The third kappa shape index (κ3) is 4.45. The van der Waals surface area contributed by atoms with Gasteiger partial charge in [0, 0.05) is 16.0 Å². The average Bonchev–Trinajstić information content (AvgIpc) is 3.11. The maximum Gasteiger partial charge on any atom is 0.416 e. The van der Waals surface area contributed by atoms with Crippen molar-refractivity contribution >= 4 is 40.2 Å². The minimum absolute atomic E-state index is 0.0476. The molecule has 0 bridgehead atoms. The van der Waals surface area contributed by atoms with Crippen LogP contribution in [0.1, 0.15) is 48.3 Å². The number of esters is 1. The van der Waals surface area contributed by atoms with E-state index in [1.54, 1.807) is 0 Å². The summed E-state index contributed by atoms with van der Waals surface area (Å²) in [5.74, 6) is -3.38. The van der Waals surface area contributed by atoms with Crippen molar-refractivity contribution in [2.24, 2.45) is 5.41 Å². The number of aromatic nitrogens is 1. The SMILES string of the molecule is CCC(CC)(C(=O)O)C(=O)Oc1c(C(=O)c2ccc(C(F)(F)F)cc2)[nH]c2cc(Cl)ccc12. The van der Waals surface area contributed by atoms with Gasteiger partial charge in [-0.25, -0.2) is 0 Å². The quantitative estimate of drug-likeness (QED) is 0.250. The fourth-order valence-corrected chi connectivity index (χ4v) is 3.66. The molecule has 0 unspecified atom stereocenters. The third-order valence-electron chi connectivity index (χ3n) is 5.62. The van der Waals surface area contributed by atoms with Gasteiger partial charge >= 0.3 is 18.1 Å². The minimum Gasteiger partial charge on any atom is -0.480 e. The summed E-state index contributed by atoms with van der Waals surface area (Å²) in [5.41, 5.74) is -2.73. The number of ether oxygens (including phenoxy) is 1. The van der Waals surface area contributed by atoms with E-state index in [0.29, 0.717) is 10.5 Å². The number of hydrogen-bond donors (Lipinski definition) is 2. The zero-order valence-corrected chi connectivity index (χ0v) is 18.3. The molecule has 3 rings (SSSR count). The van der Waals surface area contributed by atoms with Crippen molar-refractivity contribution in [3.63, 3.8) is 0 Å². The van der Waals surface area contributed by atoms with Gasteiger partial charge in [-0.2, -0.15) is 13.2 Å². The lowest BCUT2D eigenvalue weighted by molar-refractivity contribution is -0.163. The van der Waals surface area contributed by atoms with Gasteiger partial charge in [0.1, 0.15) is 5.69 Å². The number of carboxylic acids is 1. The van der Waals surface area contributed by atoms with Crippen LogP contribution in [0.2, 0.25) is 5.02 Å². The van der Waals surface area contributed by atoms with Crippen LogP contribution in [0.4, 0.5) is 13.2 Å². The summed E-state index contributed by atoms with van der Waals surface area (Å²) in [7, 11) is 0. The second-order valence-corrected chi connectivity index (χ2v) is 7.84. The summed E-state index contributed by atoms with van der Waals surface area (Å²) in [6, 6.07) is 8.00. The molecule has 1 aromatic heterocycles. The molecule has 0 spiro atoms. The summed E-state index contributed by atoms with van der Waals surface area (Å²) in [6.07, 6.45) is -4.66. The number of carbonyl (C=O) groups excluding carboxylic acids is 2. The zero-order valence-electron chi connectivity index (χ0n) is 17.5. The van der Waals surface area contributed by atoms with Crippen LogP contribution in [0.25, 0.3) is 10.9 Å². The molecule has 3 aromatic rings. The van der Waals surface area contributed by atoms with Gasteiger partial charge in [0.25, 0.3) is 0 Å². The van der Waals surface area contributed by atoms with Gasteiger partial charge in [-0.1, -0.05) is 37.6 Å². The van der Waals surface area contributed by atoms with Crippen molar-refractivity contribution in [3.05, 3.63) is 64.3 Å². The molecule has 6 nitrogen and oxygen atoms in total. The molecular weight excluding hydrogens is 463 g/mol. The van der Waals surface area contributed by atoms with Gasteiger partial charge in [-0.3, -0.25) is 14.4 Å². The molecule has 0 aliphatic rings. The van der Waals surface area contributed by atoms with Gasteiger partial charge in [0.05, 0.1) is 11.1 Å². The standard InChI is InChI=1S/C23H19ClF3NO5/c1-3-22(4-2,20(30)31)21(32)33-19-15-10-9-14(24)11-16(15)28-17(19)18(29)12-5-7-13(8-6-12)23(25,26)27/h5-11,28H,3-4H2,1-2H3,(H,30,31). The van der Waals surface area contributed by atoms with Crippen LogP contribution in [-0.2, 0) is 15.8 Å². The van der Waals surface area contributed by atoms with Crippen LogP contribution in [-0.4, -0.2) is 27.8 Å². The lowest BCUT2D eigenvalue weighted by Gasteiger charge is -2.24. The number of carboxylic acid groups (broad SMARTS) is 1. The van der Waals surface area contributed by atoms with Crippen LogP contribution >= 0.6 is 11.6 Å². The maximum atomic E-state index is 13.1. The Kier molecular flexibility index (Phi) is 6.56. The molecule has 0 amide bonds. The topological polar surface area (TPSA) is 96.5 Å². The Morgan fingerprint density at radius 3 is 2.15 bits per heavy atom. The normalized spacial score (nSPS) is 12.1. The highest BCUT2D eigenvalue weighted by molar-refractivity contribution is 6.31. The fraction of sp³-hybridized carbons (Fsp3) is 0.261. The Hall–Kier alpha value is -3.33. The van der Waals surface area contributed by atoms with E-state index in [-0.39, 0.29) is 35.2 Å². The molecule has 0 radical (unpaired) electrons. The van der Waals surface area contributed by atoms with E-state index in [4.69, 9.17) is 16.3 Å². The number of rotatable bonds is 7. The van der Waals surface area contributed by atoms with E-state index >= 15 is 0 Å². The van der Waals surface area contributed by atoms with Crippen LogP contribution in [0.3, 0.4) is 0 Å². The van der Waals surface area contributed by atoms with Gasteiger partial charge in [0.2, 0.25) is 5.78 Å². The maximum absolute atomic E-state index is 13.1. The van der Waals surface area contributed by atoms with Crippen molar-refractivity contribution in [2.75, 3.05) is 0 Å². The van der Waals surface area contributed by atoms with Crippen molar-refractivity contribution in [1.29, 1.82) is 0 Å². The number of carbonyl (C=O) groups is 3. The van der Waals surface area contributed by atoms with Gasteiger partial charge < -0.3 is 14.8 Å². The van der Waals surface area contributed by atoms with Crippen LogP contribution < -0.4 is 4.74 Å². The van der Waals surface area contributed by atoms with Crippen LogP contribution in [0.15, 0.2) is 42.5 Å². The van der Waals surface area contributed by atoms with Crippen LogP contribution in [0.5, 0.6) is 5.75 Å². The Labute approximate surface area is 191 Å². The molecule has 0 aliphatic carbocycles. The molecule has 0 fully saturated rings. The number of hydrogen-bond acceptors (Lipinski definition) is 4. The highest BCUT2D eigenvalue weighted by atomic mass is 35.5. The van der Waals surface area contributed by atoms with Crippen molar-refractivity contribution in [2.45, 2.75) is 32.9 Å². The highest BCUT2D eigenvalue weighted by Gasteiger charge is 2.45. The van der Waals surface area contributed by atoms with Crippen molar-refractivity contribution in [1.82, 2.24) is 4.98 Å². The number of H-pyrrole nitrogens is 1. The van der Waals surface area contributed by atoms with Gasteiger partial charge in [-0.15, -0.1) is 0 Å².